The zero-order valence-corrected chi connectivity index (χ0v) is 15.9. The molecule has 1 fully saturated rings. The van der Waals surface area contributed by atoms with Gasteiger partial charge in [0.05, 0.1) is 29.9 Å². The lowest BCUT2D eigenvalue weighted by molar-refractivity contribution is -0.136. The van der Waals surface area contributed by atoms with Crippen molar-refractivity contribution in [3.8, 4) is 17.1 Å². The number of ether oxygens (including phenoxy) is 1. The van der Waals surface area contributed by atoms with Gasteiger partial charge in [0.2, 0.25) is 0 Å². The summed E-state index contributed by atoms with van der Waals surface area (Å²) in [6.07, 6.45) is 0.0269. The molecule has 2 heterocycles. The molecule has 0 spiro atoms. The molecule has 152 valence electrons. The van der Waals surface area contributed by atoms with E-state index in [-0.39, 0.29) is 42.2 Å². The van der Waals surface area contributed by atoms with E-state index in [2.05, 4.69) is 10.5 Å². The van der Waals surface area contributed by atoms with Gasteiger partial charge in [-0.25, -0.2) is 18.3 Å². The van der Waals surface area contributed by atoms with E-state index in [1.807, 2.05) is 0 Å². The van der Waals surface area contributed by atoms with Crippen molar-refractivity contribution in [2.45, 2.75) is 24.9 Å². The van der Waals surface area contributed by atoms with E-state index < -0.39 is 27.1 Å². The van der Waals surface area contributed by atoms with Crippen molar-refractivity contribution in [3.63, 3.8) is 0 Å². The summed E-state index contributed by atoms with van der Waals surface area (Å²) in [6, 6.07) is 5.82. The van der Waals surface area contributed by atoms with E-state index in [4.69, 9.17) is 14.5 Å². The monoisotopic (exact) mass is 413 g/mol. The number of halogens is 1. The van der Waals surface area contributed by atoms with Crippen molar-refractivity contribution in [2.75, 3.05) is 18.6 Å². The minimum absolute atomic E-state index is 0.0134. The van der Waals surface area contributed by atoms with Crippen molar-refractivity contribution < 1.29 is 32.1 Å². The molecule has 1 aliphatic heterocycles. The van der Waals surface area contributed by atoms with Crippen LogP contribution in [0.4, 0.5) is 4.39 Å². The Kier molecular flexibility index (Phi) is 5.68. The molecule has 0 unspecified atom stereocenters. The molecule has 1 saturated heterocycles. The molecular formula is C17H20FN3O6S. The van der Waals surface area contributed by atoms with Gasteiger partial charge in [-0.15, -0.1) is 0 Å². The van der Waals surface area contributed by atoms with Gasteiger partial charge in [0.15, 0.2) is 5.76 Å². The van der Waals surface area contributed by atoms with Gasteiger partial charge in [-0.1, -0.05) is 5.16 Å². The molecule has 1 aromatic carbocycles. The zero-order chi connectivity index (χ0) is 20.4. The summed E-state index contributed by atoms with van der Waals surface area (Å²) in [7, 11) is -1.78. The maximum absolute atomic E-state index is 14.2. The third-order valence-electron chi connectivity index (χ3n) is 4.82. The Labute approximate surface area is 160 Å². The lowest BCUT2D eigenvalue weighted by atomic mass is 9.91. The predicted octanol–water partition coefficient (Wildman–Crippen LogP) is 1.03. The minimum atomic E-state index is -3.21. The van der Waals surface area contributed by atoms with Gasteiger partial charge in [0.1, 0.15) is 26.9 Å². The van der Waals surface area contributed by atoms with Crippen LogP contribution < -0.4 is 15.5 Å². The van der Waals surface area contributed by atoms with Crippen LogP contribution in [0.1, 0.15) is 18.5 Å². The number of hydroxylamine groups is 1. The Balaban J connectivity index is 1.74. The first-order chi connectivity index (χ1) is 13.3. The number of carbonyl (C=O) groups excluding carboxylic acids is 1. The Morgan fingerprint density at radius 1 is 1.36 bits per heavy atom. The quantitative estimate of drug-likeness (QED) is 0.473. The highest BCUT2D eigenvalue weighted by atomic mass is 32.2. The molecule has 0 aliphatic carbocycles. The molecule has 0 saturated carbocycles. The van der Waals surface area contributed by atoms with Gasteiger partial charge in [-0.2, -0.15) is 0 Å². The van der Waals surface area contributed by atoms with Crippen molar-refractivity contribution in [2.24, 2.45) is 0 Å². The Morgan fingerprint density at radius 3 is 2.68 bits per heavy atom. The van der Waals surface area contributed by atoms with E-state index in [1.54, 1.807) is 11.5 Å². The van der Waals surface area contributed by atoms with Crippen LogP contribution in [0.5, 0.6) is 5.75 Å². The number of amides is 1. The molecular weight excluding hydrogens is 393 g/mol. The normalized spacial score (nSPS) is 17.8. The molecule has 9 nitrogen and oxygen atoms in total. The molecule has 0 atom stereocenters. The van der Waals surface area contributed by atoms with Gasteiger partial charge < -0.3 is 9.26 Å². The van der Waals surface area contributed by atoms with Gasteiger partial charge >= 0.3 is 0 Å². The number of aromatic nitrogens is 1. The summed E-state index contributed by atoms with van der Waals surface area (Å²) in [5.74, 6) is -1.03. The van der Waals surface area contributed by atoms with E-state index in [0.29, 0.717) is 11.4 Å². The van der Waals surface area contributed by atoms with Crippen LogP contribution in [0.25, 0.3) is 11.3 Å². The lowest BCUT2D eigenvalue weighted by Crippen LogP contribution is -2.59. The molecule has 2 aromatic rings. The van der Waals surface area contributed by atoms with Crippen LogP contribution in [-0.2, 0) is 21.2 Å². The number of hydrogen-bond acceptors (Lipinski definition) is 8. The number of benzene rings is 1. The summed E-state index contributed by atoms with van der Waals surface area (Å²) < 4.78 is 47.6. The molecule has 3 rings (SSSR count). The van der Waals surface area contributed by atoms with Gasteiger partial charge in [0, 0.05) is 18.7 Å². The number of sulfone groups is 1. The van der Waals surface area contributed by atoms with Crippen LogP contribution in [0.3, 0.4) is 0 Å². The second-order valence-electron chi connectivity index (χ2n) is 6.56. The van der Waals surface area contributed by atoms with Crippen LogP contribution in [0.2, 0.25) is 0 Å². The van der Waals surface area contributed by atoms with Crippen LogP contribution >= 0.6 is 0 Å². The Hall–Kier alpha value is -2.50. The number of methoxy groups -OCH3 is 1. The first kappa shape index (κ1) is 20.2. The van der Waals surface area contributed by atoms with Crippen molar-refractivity contribution >= 4 is 15.7 Å². The van der Waals surface area contributed by atoms with E-state index in [1.165, 1.54) is 25.3 Å². The highest BCUT2D eigenvalue weighted by Crippen LogP contribution is 2.28. The maximum Gasteiger partial charge on any atom is 0.263 e. The van der Waals surface area contributed by atoms with Crippen LogP contribution in [0.15, 0.2) is 28.8 Å². The Bertz CT molecular complexity index is 961. The highest BCUT2D eigenvalue weighted by molar-refractivity contribution is 7.91. The van der Waals surface area contributed by atoms with Crippen LogP contribution in [-0.4, -0.2) is 48.8 Å². The molecule has 1 amide bonds. The summed E-state index contributed by atoms with van der Waals surface area (Å²) in [6.45, 7) is 0.0642. The fourth-order valence-electron chi connectivity index (χ4n) is 3.08. The standard InChI is InChI=1S/C17H20FN3O6S/c1-26-12-2-3-13(14(18)9-12)15-8-11(21-27-15)10-19-17(16(22)20-23)4-6-28(24,25)7-5-17/h2-3,8-9,19,23H,4-7,10H2,1H3,(H,20,22). The van der Waals surface area contributed by atoms with E-state index >= 15 is 0 Å². The van der Waals surface area contributed by atoms with E-state index in [9.17, 15) is 17.6 Å². The van der Waals surface area contributed by atoms with Crippen LogP contribution in [0, 0.1) is 5.82 Å². The fourth-order valence-corrected chi connectivity index (χ4v) is 4.61. The third kappa shape index (κ3) is 4.16. The topological polar surface area (TPSA) is 131 Å². The zero-order valence-electron chi connectivity index (χ0n) is 15.1. The average Bonchev–Trinajstić information content (AvgIpc) is 3.15. The minimum Gasteiger partial charge on any atom is -0.497 e. The van der Waals surface area contributed by atoms with Gasteiger partial charge in [0.25, 0.3) is 5.91 Å². The van der Waals surface area contributed by atoms with Crippen molar-refractivity contribution in [3.05, 3.63) is 35.8 Å². The number of rotatable bonds is 6. The molecule has 11 heteroatoms. The van der Waals surface area contributed by atoms with E-state index in [0.717, 1.165) is 0 Å². The highest BCUT2D eigenvalue weighted by Gasteiger charge is 2.43. The maximum atomic E-state index is 14.2. The van der Waals surface area contributed by atoms with Gasteiger partial charge in [-0.05, 0) is 25.0 Å². The molecule has 1 aliphatic rings. The van der Waals surface area contributed by atoms with Crippen molar-refractivity contribution in [1.29, 1.82) is 0 Å². The Morgan fingerprint density at radius 2 is 2.07 bits per heavy atom. The molecule has 0 bridgehead atoms. The second-order valence-corrected chi connectivity index (χ2v) is 8.86. The number of carbonyl (C=O) groups is 1. The smallest absolute Gasteiger partial charge is 0.263 e. The SMILES string of the molecule is COc1ccc(-c2cc(CNC3(C(=O)NO)CCS(=O)(=O)CC3)no2)c(F)c1. The molecule has 28 heavy (non-hydrogen) atoms. The number of hydrogen-bond donors (Lipinski definition) is 3. The summed E-state index contributed by atoms with van der Waals surface area (Å²) in [4.78, 5) is 12.1. The molecule has 3 N–H and O–H groups in total. The number of nitrogens with zero attached hydrogens (tertiary/aromatic N) is 1. The molecule has 0 radical (unpaired) electrons. The fraction of sp³-hybridized carbons (Fsp3) is 0.412. The second kappa shape index (κ2) is 7.86. The number of nitrogens with one attached hydrogen (secondary N) is 2. The lowest BCUT2D eigenvalue weighted by Gasteiger charge is -2.35. The first-order valence-electron chi connectivity index (χ1n) is 8.48. The molecule has 1 aromatic heterocycles. The van der Waals surface area contributed by atoms with Crippen molar-refractivity contribution in [1.82, 2.24) is 16.0 Å². The summed E-state index contributed by atoms with van der Waals surface area (Å²) in [5, 5.41) is 15.9. The first-order valence-corrected chi connectivity index (χ1v) is 10.3. The third-order valence-corrected chi connectivity index (χ3v) is 6.48. The average molecular weight is 413 g/mol. The van der Waals surface area contributed by atoms with Gasteiger partial charge in [-0.3, -0.25) is 15.3 Å². The largest absolute Gasteiger partial charge is 0.497 e. The summed E-state index contributed by atoms with van der Waals surface area (Å²) in [5.41, 5.74) is 0.934. The predicted molar refractivity (Wildman–Crippen MR) is 95.8 cm³/mol. The summed E-state index contributed by atoms with van der Waals surface area (Å²) >= 11 is 0.